The van der Waals surface area contributed by atoms with E-state index >= 15 is 0 Å². The number of alkyl halides is 2. The number of para-hydroxylation sites is 1. The van der Waals surface area contributed by atoms with Gasteiger partial charge in [0, 0.05) is 37.1 Å². The highest BCUT2D eigenvalue weighted by Crippen LogP contribution is 2.59. The smallest absolute Gasteiger partial charge is 0.253 e. The van der Waals surface area contributed by atoms with Crippen molar-refractivity contribution < 1.29 is 23.4 Å². The van der Waals surface area contributed by atoms with Crippen molar-refractivity contribution in [1.82, 2.24) is 10.3 Å². The van der Waals surface area contributed by atoms with Crippen molar-refractivity contribution in [1.29, 1.82) is 0 Å². The Morgan fingerprint density at radius 1 is 1.37 bits per heavy atom. The van der Waals surface area contributed by atoms with E-state index in [-0.39, 0.29) is 37.4 Å². The lowest BCUT2D eigenvalue weighted by atomic mass is 9.59. The Labute approximate surface area is 174 Å². The number of halogens is 2. The van der Waals surface area contributed by atoms with E-state index in [2.05, 4.69) is 16.4 Å². The summed E-state index contributed by atoms with van der Waals surface area (Å²) in [6, 6.07) is 7.11. The largest absolute Gasteiger partial charge is 0.394 e. The van der Waals surface area contributed by atoms with Crippen molar-refractivity contribution in [3.63, 3.8) is 0 Å². The number of carbonyl (C=O) groups is 1. The molecular weight excluding hydrogens is 390 g/mol. The lowest BCUT2D eigenvalue weighted by Crippen LogP contribution is -2.46. The molecule has 1 aromatic carbocycles. The molecule has 1 heterocycles. The molecule has 30 heavy (non-hydrogen) atoms. The van der Waals surface area contributed by atoms with Gasteiger partial charge in [-0.05, 0) is 36.3 Å². The molecule has 1 spiro atoms. The normalized spacial score (nSPS) is 20.5. The van der Waals surface area contributed by atoms with Crippen LogP contribution in [0.3, 0.4) is 0 Å². The van der Waals surface area contributed by atoms with E-state index in [1.165, 1.54) is 13.3 Å². The van der Waals surface area contributed by atoms with E-state index in [1.807, 2.05) is 18.2 Å². The first-order chi connectivity index (χ1) is 14.3. The zero-order valence-corrected chi connectivity index (χ0v) is 17.0. The summed E-state index contributed by atoms with van der Waals surface area (Å²) in [5.74, 6) is -2.82. The summed E-state index contributed by atoms with van der Waals surface area (Å²) in [5.41, 5.74) is 3.09. The van der Waals surface area contributed by atoms with Crippen molar-refractivity contribution in [3.8, 4) is 0 Å². The molecule has 2 aliphatic carbocycles. The number of allylic oxidation sites excluding steroid dienone is 2. The number of aliphatic hydroxyl groups excluding tert-OH is 1. The van der Waals surface area contributed by atoms with Gasteiger partial charge in [-0.15, -0.1) is 0 Å². The Morgan fingerprint density at radius 2 is 2.17 bits per heavy atom. The minimum atomic E-state index is -2.50. The average Bonchev–Trinajstić information content (AvgIpc) is 2.71. The number of benzene rings is 1. The predicted molar refractivity (Wildman–Crippen MR) is 110 cm³/mol. The summed E-state index contributed by atoms with van der Waals surface area (Å²) in [6.07, 6.45) is 5.81. The van der Waals surface area contributed by atoms with Crippen LogP contribution in [0.5, 0.6) is 0 Å². The molecule has 2 aromatic rings. The molecule has 0 radical (unpaired) electrons. The van der Waals surface area contributed by atoms with Gasteiger partial charge >= 0.3 is 0 Å². The maximum atomic E-state index is 13.4. The summed E-state index contributed by atoms with van der Waals surface area (Å²) in [4.78, 5) is 17.0. The summed E-state index contributed by atoms with van der Waals surface area (Å²) in [7, 11) is 1.51. The van der Waals surface area contributed by atoms with Gasteiger partial charge in [0.2, 0.25) is 5.92 Å². The second kappa shape index (κ2) is 8.04. The van der Waals surface area contributed by atoms with Crippen LogP contribution in [-0.2, 0) is 4.74 Å². The number of fused-ring (bicyclic) bond motifs is 1. The van der Waals surface area contributed by atoms with E-state index < -0.39 is 12.0 Å². The fourth-order valence-corrected chi connectivity index (χ4v) is 4.71. The van der Waals surface area contributed by atoms with Gasteiger partial charge in [-0.1, -0.05) is 24.3 Å². The molecule has 1 aromatic heterocycles. The SMILES string of the molecule is COCC(CO)NC(=O)c1cnc2c(C3=CCC4(CC3)CC(F)(F)C4)cccc2c1. The highest BCUT2D eigenvalue weighted by Gasteiger charge is 2.55. The Morgan fingerprint density at radius 3 is 2.80 bits per heavy atom. The third-order valence-electron chi connectivity index (χ3n) is 6.22. The van der Waals surface area contributed by atoms with Crippen LogP contribution in [0.2, 0.25) is 0 Å². The number of carbonyl (C=O) groups excluding carboxylic acids is 1. The van der Waals surface area contributed by atoms with Crippen LogP contribution < -0.4 is 5.32 Å². The molecule has 2 aliphatic rings. The van der Waals surface area contributed by atoms with Crippen LogP contribution in [0.1, 0.15) is 48.0 Å². The van der Waals surface area contributed by atoms with Gasteiger partial charge in [0.25, 0.3) is 5.91 Å². The van der Waals surface area contributed by atoms with Crippen LogP contribution in [0, 0.1) is 5.41 Å². The minimum absolute atomic E-state index is 0.00601. The van der Waals surface area contributed by atoms with Gasteiger partial charge in [-0.3, -0.25) is 9.78 Å². The summed E-state index contributed by atoms with van der Waals surface area (Å²) in [6.45, 7) is 0.00128. The van der Waals surface area contributed by atoms with E-state index in [0.29, 0.717) is 12.0 Å². The van der Waals surface area contributed by atoms with Crippen molar-refractivity contribution in [3.05, 3.63) is 47.7 Å². The number of hydrogen-bond acceptors (Lipinski definition) is 4. The van der Waals surface area contributed by atoms with Gasteiger partial charge in [0.05, 0.1) is 30.3 Å². The number of nitrogens with one attached hydrogen (secondary N) is 1. The molecule has 5 nitrogen and oxygen atoms in total. The Hall–Kier alpha value is -2.38. The number of aromatic nitrogens is 1. The number of hydrogen-bond donors (Lipinski definition) is 2. The third-order valence-corrected chi connectivity index (χ3v) is 6.22. The zero-order chi connectivity index (χ0) is 21.4. The second-order valence-electron chi connectivity index (χ2n) is 8.55. The van der Waals surface area contributed by atoms with Gasteiger partial charge in [-0.2, -0.15) is 0 Å². The molecule has 1 fully saturated rings. The third kappa shape index (κ3) is 4.09. The predicted octanol–water partition coefficient (Wildman–Crippen LogP) is 3.95. The summed E-state index contributed by atoms with van der Waals surface area (Å²) < 4.78 is 31.7. The lowest BCUT2D eigenvalue weighted by Gasteiger charge is -2.49. The molecule has 160 valence electrons. The highest BCUT2D eigenvalue weighted by atomic mass is 19.3. The Kier molecular flexibility index (Phi) is 5.59. The number of aliphatic hydroxyl groups is 1. The minimum Gasteiger partial charge on any atom is -0.394 e. The standard InChI is InChI=1S/C23H26F2N2O3/c1-30-12-18(11-28)27-21(29)17-9-16-3-2-4-19(20(16)26-10-17)15-5-7-22(8-6-15)13-23(24,25)14-22/h2-5,9-10,18,28H,6-8,11-14H2,1H3,(H,27,29). The summed E-state index contributed by atoms with van der Waals surface area (Å²) in [5, 5.41) is 12.9. The molecule has 4 rings (SSSR count). The first-order valence-corrected chi connectivity index (χ1v) is 10.2. The van der Waals surface area contributed by atoms with E-state index in [0.717, 1.165) is 34.9 Å². The zero-order valence-electron chi connectivity index (χ0n) is 17.0. The lowest BCUT2D eigenvalue weighted by molar-refractivity contribution is -0.163. The van der Waals surface area contributed by atoms with Crippen LogP contribution in [0.15, 0.2) is 36.5 Å². The maximum absolute atomic E-state index is 13.4. The van der Waals surface area contributed by atoms with Gasteiger partial charge < -0.3 is 15.2 Å². The maximum Gasteiger partial charge on any atom is 0.253 e. The fourth-order valence-electron chi connectivity index (χ4n) is 4.71. The van der Waals surface area contributed by atoms with Crippen molar-refractivity contribution in [2.75, 3.05) is 20.3 Å². The molecular formula is C23H26F2N2O3. The van der Waals surface area contributed by atoms with Crippen LogP contribution >= 0.6 is 0 Å². The highest BCUT2D eigenvalue weighted by molar-refractivity contribution is 5.99. The number of rotatable bonds is 6. The molecule has 7 heteroatoms. The molecule has 0 aliphatic heterocycles. The van der Waals surface area contributed by atoms with E-state index in [1.54, 1.807) is 6.07 Å². The second-order valence-corrected chi connectivity index (χ2v) is 8.55. The Balaban J connectivity index is 1.54. The van der Waals surface area contributed by atoms with Gasteiger partial charge in [0.15, 0.2) is 0 Å². The summed E-state index contributed by atoms with van der Waals surface area (Å²) >= 11 is 0. The molecule has 0 saturated heterocycles. The number of ether oxygens (including phenoxy) is 1. The number of amides is 1. The molecule has 1 amide bonds. The molecule has 1 atom stereocenters. The fraction of sp³-hybridized carbons (Fsp3) is 0.478. The number of nitrogens with zero attached hydrogens (tertiary/aromatic N) is 1. The molecule has 1 unspecified atom stereocenters. The van der Waals surface area contributed by atoms with Crippen molar-refractivity contribution in [2.45, 2.75) is 44.1 Å². The van der Waals surface area contributed by atoms with Gasteiger partial charge in [0.1, 0.15) is 0 Å². The first-order valence-electron chi connectivity index (χ1n) is 10.2. The quantitative estimate of drug-likeness (QED) is 0.748. The van der Waals surface area contributed by atoms with Crippen molar-refractivity contribution >= 4 is 22.4 Å². The number of methoxy groups -OCH3 is 1. The van der Waals surface area contributed by atoms with Crippen LogP contribution in [-0.4, -0.2) is 48.3 Å². The van der Waals surface area contributed by atoms with Crippen molar-refractivity contribution in [2.24, 2.45) is 5.41 Å². The van der Waals surface area contributed by atoms with Gasteiger partial charge in [-0.25, -0.2) is 8.78 Å². The molecule has 0 bridgehead atoms. The molecule has 2 N–H and O–H groups in total. The Bertz CT molecular complexity index is 982. The average molecular weight is 416 g/mol. The number of pyridine rings is 1. The van der Waals surface area contributed by atoms with Crippen LogP contribution in [0.25, 0.3) is 16.5 Å². The van der Waals surface area contributed by atoms with E-state index in [9.17, 15) is 18.7 Å². The first kappa shape index (κ1) is 20.9. The monoisotopic (exact) mass is 416 g/mol. The van der Waals surface area contributed by atoms with Crippen LogP contribution in [0.4, 0.5) is 8.78 Å². The van der Waals surface area contributed by atoms with E-state index in [4.69, 9.17) is 4.74 Å². The topological polar surface area (TPSA) is 71.5 Å². The molecule has 1 saturated carbocycles.